The molecule has 3 aromatic rings. The van der Waals surface area contributed by atoms with Gasteiger partial charge in [-0.1, -0.05) is 0 Å². The second-order valence-electron chi connectivity index (χ2n) is 6.79. The van der Waals surface area contributed by atoms with E-state index in [-0.39, 0.29) is 42.9 Å². The summed E-state index contributed by atoms with van der Waals surface area (Å²) < 4.78 is 9.04. The lowest BCUT2D eigenvalue weighted by molar-refractivity contribution is -0.143. The van der Waals surface area contributed by atoms with Crippen LogP contribution in [-0.4, -0.2) is 37.0 Å². The SMILES string of the molecule is Cc1cc(C(=O)CCC(=O)OCCn2cnc3c2c(=O)n(C)c(=O)n3C)c(C)s1. The monoisotopic (exact) mass is 418 g/mol. The Morgan fingerprint density at radius 3 is 2.52 bits per heavy atom. The molecule has 154 valence electrons. The highest BCUT2D eigenvalue weighted by Gasteiger charge is 2.16. The van der Waals surface area contributed by atoms with Crippen LogP contribution in [-0.2, 0) is 30.2 Å². The number of thiophene rings is 1. The number of aromatic nitrogens is 4. The van der Waals surface area contributed by atoms with Gasteiger partial charge in [0.15, 0.2) is 16.9 Å². The van der Waals surface area contributed by atoms with Crippen LogP contribution in [0, 0.1) is 13.8 Å². The summed E-state index contributed by atoms with van der Waals surface area (Å²) in [5.41, 5.74) is 0.283. The predicted molar refractivity (Wildman–Crippen MR) is 109 cm³/mol. The number of nitrogens with zero attached hydrogens (tertiary/aromatic N) is 4. The Kier molecular flexibility index (Phi) is 5.83. The lowest BCUT2D eigenvalue weighted by Crippen LogP contribution is -2.37. The van der Waals surface area contributed by atoms with Crippen LogP contribution < -0.4 is 11.2 Å². The molecule has 0 bridgehead atoms. The molecule has 0 atom stereocenters. The molecule has 10 heteroatoms. The van der Waals surface area contributed by atoms with E-state index in [1.54, 1.807) is 15.9 Å². The lowest BCUT2D eigenvalue weighted by Gasteiger charge is -2.08. The quantitative estimate of drug-likeness (QED) is 0.423. The van der Waals surface area contributed by atoms with E-state index in [2.05, 4.69) is 4.98 Å². The third-order valence-corrected chi connectivity index (χ3v) is 5.68. The third-order valence-electron chi connectivity index (χ3n) is 4.71. The molecule has 0 unspecified atom stereocenters. The number of rotatable bonds is 7. The molecule has 0 aliphatic rings. The summed E-state index contributed by atoms with van der Waals surface area (Å²) in [6.07, 6.45) is 1.52. The Bertz CT molecular complexity index is 1210. The van der Waals surface area contributed by atoms with E-state index in [4.69, 9.17) is 4.74 Å². The smallest absolute Gasteiger partial charge is 0.332 e. The number of carbonyl (C=O) groups excluding carboxylic acids is 2. The van der Waals surface area contributed by atoms with Gasteiger partial charge in [0, 0.05) is 35.8 Å². The molecule has 0 saturated carbocycles. The Morgan fingerprint density at radius 2 is 1.86 bits per heavy atom. The molecule has 9 nitrogen and oxygen atoms in total. The van der Waals surface area contributed by atoms with Gasteiger partial charge in [0.05, 0.1) is 19.3 Å². The van der Waals surface area contributed by atoms with E-state index in [1.807, 2.05) is 19.9 Å². The molecule has 0 fully saturated rings. The number of fused-ring (bicyclic) bond motifs is 1. The van der Waals surface area contributed by atoms with E-state index in [0.717, 1.165) is 14.3 Å². The van der Waals surface area contributed by atoms with Crippen LogP contribution in [0.1, 0.15) is 33.0 Å². The Hall–Kier alpha value is -3.01. The van der Waals surface area contributed by atoms with Crippen LogP contribution in [0.3, 0.4) is 0 Å². The molecule has 3 aromatic heterocycles. The van der Waals surface area contributed by atoms with Gasteiger partial charge in [0.1, 0.15) is 6.61 Å². The van der Waals surface area contributed by atoms with E-state index in [0.29, 0.717) is 5.56 Å². The largest absolute Gasteiger partial charge is 0.464 e. The number of esters is 1. The van der Waals surface area contributed by atoms with E-state index in [9.17, 15) is 19.2 Å². The summed E-state index contributed by atoms with van der Waals surface area (Å²) in [5.74, 6) is -0.554. The standard InChI is InChI=1S/C19H22N4O5S/c1-11-9-13(12(2)29-11)14(24)5-6-15(25)28-8-7-23-10-20-17-16(23)18(26)22(4)19(27)21(17)3/h9-10H,5-8H2,1-4H3. The number of carbonyl (C=O) groups is 2. The van der Waals surface area contributed by atoms with Crippen LogP contribution >= 0.6 is 11.3 Å². The van der Waals surface area contributed by atoms with Gasteiger partial charge in [0.2, 0.25) is 0 Å². The van der Waals surface area contributed by atoms with Crippen LogP contribution in [0.4, 0.5) is 0 Å². The van der Waals surface area contributed by atoms with Gasteiger partial charge in [-0.3, -0.25) is 23.5 Å². The molecule has 0 aliphatic heterocycles. The highest BCUT2D eigenvalue weighted by atomic mass is 32.1. The highest BCUT2D eigenvalue weighted by Crippen LogP contribution is 2.22. The molecule has 0 aromatic carbocycles. The van der Waals surface area contributed by atoms with Crippen molar-refractivity contribution in [3.8, 4) is 0 Å². The predicted octanol–water partition coefficient (Wildman–Crippen LogP) is 1.32. The first kappa shape index (κ1) is 20.7. The zero-order valence-electron chi connectivity index (χ0n) is 16.7. The molecule has 0 spiro atoms. The van der Waals surface area contributed by atoms with Crippen molar-refractivity contribution in [1.29, 1.82) is 0 Å². The van der Waals surface area contributed by atoms with Gasteiger partial charge in [-0.15, -0.1) is 11.3 Å². The average Bonchev–Trinajstić information content (AvgIpc) is 3.25. The van der Waals surface area contributed by atoms with Gasteiger partial charge in [-0.05, 0) is 19.9 Å². The Balaban J connectivity index is 1.58. The minimum atomic E-state index is -0.479. The van der Waals surface area contributed by atoms with Gasteiger partial charge in [0.25, 0.3) is 5.56 Å². The summed E-state index contributed by atoms with van der Waals surface area (Å²) in [5, 5.41) is 0. The number of Topliss-reactive ketones (excluding diaryl/α,β-unsaturated/α-hetero) is 1. The van der Waals surface area contributed by atoms with E-state index in [1.165, 1.54) is 25.0 Å². The molecule has 0 saturated heterocycles. The minimum Gasteiger partial charge on any atom is -0.464 e. The summed E-state index contributed by atoms with van der Waals surface area (Å²) in [6.45, 7) is 4.07. The van der Waals surface area contributed by atoms with E-state index >= 15 is 0 Å². The maximum Gasteiger partial charge on any atom is 0.332 e. The van der Waals surface area contributed by atoms with Crippen molar-refractivity contribution in [3.63, 3.8) is 0 Å². The first-order valence-corrected chi connectivity index (χ1v) is 9.89. The molecule has 3 rings (SSSR count). The molecule has 29 heavy (non-hydrogen) atoms. The Morgan fingerprint density at radius 1 is 1.14 bits per heavy atom. The molecular weight excluding hydrogens is 396 g/mol. The van der Waals surface area contributed by atoms with Gasteiger partial charge < -0.3 is 9.30 Å². The molecular formula is C19H22N4O5S. The maximum absolute atomic E-state index is 12.4. The minimum absolute atomic E-state index is 0.00584. The van der Waals surface area contributed by atoms with E-state index < -0.39 is 17.2 Å². The lowest BCUT2D eigenvalue weighted by atomic mass is 10.1. The molecule has 0 N–H and O–H groups in total. The maximum atomic E-state index is 12.4. The number of imidazole rings is 1. The second-order valence-corrected chi connectivity index (χ2v) is 8.25. The zero-order valence-corrected chi connectivity index (χ0v) is 17.5. The summed E-state index contributed by atoms with van der Waals surface area (Å²) >= 11 is 1.55. The normalized spacial score (nSPS) is 11.2. The summed E-state index contributed by atoms with van der Waals surface area (Å²) in [7, 11) is 2.93. The van der Waals surface area contributed by atoms with Crippen molar-refractivity contribution in [2.24, 2.45) is 14.1 Å². The van der Waals surface area contributed by atoms with Crippen LogP contribution in [0.25, 0.3) is 11.2 Å². The highest BCUT2D eigenvalue weighted by molar-refractivity contribution is 7.12. The number of ketones is 1. The van der Waals surface area contributed by atoms with Gasteiger partial charge in [-0.25, -0.2) is 9.78 Å². The van der Waals surface area contributed by atoms with Crippen molar-refractivity contribution >= 4 is 34.3 Å². The molecule has 0 radical (unpaired) electrons. The molecule has 0 amide bonds. The molecule has 3 heterocycles. The molecule has 0 aliphatic carbocycles. The van der Waals surface area contributed by atoms with Crippen molar-refractivity contribution in [2.75, 3.05) is 6.61 Å². The van der Waals surface area contributed by atoms with Crippen LogP contribution in [0.15, 0.2) is 22.0 Å². The second kappa shape index (κ2) is 8.16. The number of ether oxygens (including phenoxy) is 1. The summed E-state index contributed by atoms with van der Waals surface area (Å²) in [6, 6.07) is 1.84. The van der Waals surface area contributed by atoms with Gasteiger partial charge in [-0.2, -0.15) is 0 Å². The average molecular weight is 418 g/mol. The Labute approximate surface area is 170 Å². The van der Waals surface area contributed by atoms with Crippen molar-refractivity contribution in [3.05, 3.63) is 48.5 Å². The van der Waals surface area contributed by atoms with Crippen LogP contribution in [0.5, 0.6) is 0 Å². The first-order valence-electron chi connectivity index (χ1n) is 9.07. The van der Waals surface area contributed by atoms with Crippen molar-refractivity contribution in [2.45, 2.75) is 33.2 Å². The zero-order chi connectivity index (χ0) is 21.3. The topological polar surface area (TPSA) is 105 Å². The fourth-order valence-corrected chi connectivity index (χ4v) is 4.10. The van der Waals surface area contributed by atoms with Crippen molar-refractivity contribution in [1.82, 2.24) is 18.7 Å². The van der Waals surface area contributed by atoms with Crippen LogP contribution in [0.2, 0.25) is 0 Å². The van der Waals surface area contributed by atoms with Gasteiger partial charge >= 0.3 is 11.7 Å². The number of hydrogen-bond donors (Lipinski definition) is 0. The summed E-state index contributed by atoms with van der Waals surface area (Å²) in [4.78, 5) is 54.6. The fraction of sp³-hybridized carbons (Fsp3) is 0.421. The fourth-order valence-electron chi connectivity index (χ4n) is 3.15. The number of hydrogen-bond acceptors (Lipinski definition) is 7. The number of aryl methyl sites for hydroxylation is 3. The third kappa shape index (κ3) is 4.07. The first-order chi connectivity index (χ1) is 13.7. The van der Waals surface area contributed by atoms with Crippen molar-refractivity contribution < 1.29 is 14.3 Å².